The Hall–Kier alpha value is -1.28. The molecule has 2 N–H and O–H groups in total. The minimum Gasteiger partial charge on any atom is -0.338 e. The number of hydrogen-bond acceptors (Lipinski definition) is 3. The normalized spacial score (nSPS) is 22.2. The summed E-state index contributed by atoms with van der Waals surface area (Å²) >= 11 is 0. The van der Waals surface area contributed by atoms with Crippen LogP contribution in [-0.4, -0.2) is 43.2 Å². The van der Waals surface area contributed by atoms with Crippen molar-refractivity contribution in [2.75, 3.05) is 26.2 Å². The molecule has 5 heteroatoms. The van der Waals surface area contributed by atoms with E-state index in [4.69, 9.17) is 5.26 Å². The Bertz CT molecular complexity index is 223. The first kappa shape index (κ1) is 9.81. The molecule has 1 rings (SSSR count). The Morgan fingerprint density at radius 3 is 3.23 bits per heavy atom. The van der Waals surface area contributed by atoms with Gasteiger partial charge in [-0.05, 0) is 6.92 Å². The van der Waals surface area contributed by atoms with Crippen LogP contribution < -0.4 is 10.6 Å². The van der Waals surface area contributed by atoms with Crippen molar-refractivity contribution in [3.05, 3.63) is 0 Å². The maximum absolute atomic E-state index is 11.4. The van der Waals surface area contributed by atoms with Gasteiger partial charge in [-0.25, -0.2) is 4.79 Å². The van der Waals surface area contributed by atoms with Crippen molar-refractivity contribution in [2.24, 2.45) is 0 Å². The van der Waals surface area contributed by atoms with Gasteiger partial charge in [0, 0.05) is 26.2 Å². The number of nitriles is 1. The third-order valence-corrected chi connectivity index (χ3v) is 1.98. The van der Waals surface area contributed by atoms with Gasteiger partial charge in [0.1, 0.15) is 6.04 Å². The van der Waals surface area contributed by atoms with Crippen LogP contribution in [-0.2, 0) is 0 Å². The molecular weight excluding hydrogens is 168 g/mol. The average molecular weight is 182 g/mol. The van der Waals surface area contributed by atoms with Crippen LogP contribution in [0.5, 0.6) is 0 Å². The Labute approximate surface area is 77.7 Å². The SMILES string of the molecule is CCNC(=O)N1CCNCC1C#N. The zero-order valence-electron chi connectivity index (χ0n) is 7.71. The van der Waals surface area contributed by atoms with E-state index in [1.807, 2.05) is 6.92 Å². The van der Waals surface area contributed by atoms with Crippen LogP contribution in [0.1, 0.15) is 6.92 Å². The second-order valence-electron chi connectivity index (χ2n) is 2.88. The lowest BCUT2D eigenvalue weighted by Crippen LogP contribution is -2.55. The molecule has 0 aromatic heterocycles. The molecule has 2 amide bonds. The van der Waals surface area contributed by atoms with Gasteiger partial charge in [0.05, 0.1) is 6.07 Å². The van der Waals surface area contributed by atoms with Crippen LogP contribution in [0.4, 0.5) is 4.79 Å². The van der Waals surface area contributed by atoms with Crippen molar-refractivity contribution in [1.82, 2.24) is 15.5 Å². The summed E-state index contributed by atoms with van der Waals surface area (Å²) in [6.07, 6.45) is 0. The molecule has 0 aliphatic carbocycles. The van der Waals surface area contributed by atoms with Gasteiger partial charge in [0.25, 0.3) is 0 Å². The Kier molecular flexibility index (Phi) is 3.53. The van der Waals surface area contributed by atoms with Crippen LogP contribution in [0, 0.1) is 11.3 Å². The first-order chi connectivity index (χ1) is 6.29. The van der Waals surface area contributed by atoms with Crippen molar-refractivity contribution >= 4 is 6.03 Å². The maximum Gasteiger partial charge on any atom is 0.318 e. The van der Waals surface area contributed by atoms with Gasteiger partial charge in [-0.3, -0.25) is 0 Å². The molecule has 1 atom stereocenters. The van der Waals surface area contributed by atoms with Gasteiger partial charge < -0.3 is 15.5 Å². The van der Waals surface area contributed by atoms with Crippen LogP contribution in [0.25, 0.3) is 0 Å². The van der Waals surface area contributed by atoms with Crippen LogP contribution in [0.2, 0.25) is 0 Å². The summed E-state index contributed by atoms with van der Waals surface area (Å²) in [5, 5.41) is 14.5. The number of urea groups is 1. The Morgan fingerprint density at radius 2 is 2.62 bits per heavy atom. The number of carbonyl (C=O) groups is 1. The zero-order valence-corrected chi connectivity index (χ0v) is 7.71. The summed E-state index contributed by atoms with van der Waals surface area (Å²) in [6.45, 7) is 4.38. The molecule has 1 unspecified atom stereocenters. The standard InChI is InChI=1S/C8H14N4O/c1-2-11-8(13)12-4-3-10-6-7(12)5-9/h7,10H,2-4,6H2,1H3,(H,11,13). The van der Waals surface area contributed by atoms with Crippen molar-refractivity contribution in [3.63, 3.8) is 0 Å². The highest BCUT2D eigenvalue weighted by Crippen LogP contribution is 2.01. The smallest absolute Gasteiger partial charge is 0.318 e. The predicted octanol–water partition coefficient (Wildman–Crippen LogP) is -0.487. The number of amides is 2. The molecule has 0 saturated carbocycles. The number of carbonyl (C=O) groups excluding carboxylic acids is 1. The van der Waals surface area contributed by atoms with E-state index in [-0.39, 0.29) is 12.1 Å². The second kappa shape index (κ2) is 4.67. The lowest BCUT2D eigenvalue weighted by Gasteiger charge is -2.31. The molecule has 0 aromatic rings. The molecule has 5 nitrogen and oxygen atoms in total. The van der Waals surface area contributed by atoms with Crippen molar-refractivity contribution in [3.8, 4) is 6.07 Å². The monoisotopic (exact) mass is 182 g/mol. The molecule has 0 spiro atoms. The van der Waals surface area contributed by atoms with Crippen LogP contribution in [0.15, 0.2) is 0 Å². The summed E-state index contributed by atoms with van der Waals surface area (Å²) in [6, 6.07) is 1.62. The largest absolute Gasteiger partial charge is 0.338 e. The molecule has 1 heterocycles. The van der Waals surface area contributed by atoms with E-state index in [2.05, 4.69) is 16.7 Å². The van der Waals surface area contributed by atoms with Gasteiger partial charge in [0.2, 0.25) is 0 Å². The molecule has 1 fully saturated rings. The van der Waals surface area contributed by atoms with Crippen LogP contribution in [0.3, 0.4) is 0 Å². The van der Waals surface area contributed by atoms with Gasteiger partial charge in [-0.2, -0.15) is 5.26 Å². The summed E-state index contributed by atoms with van der Waals surface area (Å²) < 4.78 is 0. The number of nitrogens with zero attached hydrogens (tertiary/aromatic N) is 2. The average Bonchev–Trinajstić information content (AvgIpc) is 2.18. The first-order valence-electron chi connectivity index (χ1n) is 4.44. The van der Waals surface area contributed by atoms with E-state index in [9.17, 15) is 4.79 Å². The summed E-state index contributed by atoms with van der Waals surface area (Å²) in [5.74, 6) is 0. The fraction of sp³-hybridized carbons (Fsp3) is 0.750. The lowest BCUT2D eigenvalue weighted by molar-refractivity contribution is 0.175. The minimum atomic E-state index is -0.333. The third kappa shape index (κ3) is 2.33. The van der Waals surface area contributed by atoms with Crippen LogP contribution >= 0.6 is 0 Å². The quantitative estimate of drug-likeness (QED) is 0.575. The van der Waals surface area contributed by atoms with Crippen molar-refractivity contribution in [1.29, 1.82) is 5.26 Å². The molecule has 0 bridgehead atoms. The summed E-state index contributed by atoms with van der Waals surface area (Å²) in [5.41, 5.74) is 0. The molecule has 1 aliphatic rings. The highest BCUT2D eigenvalue weighted by atomic mass is 16.2. The fourth-order valence-electron chi connectivity index (χ4n) is 1.32. The van der Waals surface area contributed by atoms with Gasteiger partial charge >= 0.3 is 6.03 Å². The number of nitrogens with one attached hydrogen (secondary N) is 2. The van der Waals surface area contributed by atoms with E-state index in [0.717, 1.165) is 6.54 Å². The Balaban J connectivity index is 2.54. The molecule has 1 aliphatic heterocycles. The van der Waals surface area contributed by atoms with E-state index in [1.165, 1.54) is 0 Å². The summed E-state index contributed by atoms with van der Waals surface area (Å²) in [7, 11) is 0. The molecule has 1 saturated heterocycles. The molecule has 0 radical (unpaired) electrons. The fourth-order valence-corrected chi connectivity index (χ4v) is 1.32. The molecule has 0 aromatic carbocycles. The maximum atomic E-state index is 11.4. The number of piperazine rings is 1. The Morgan fingerprint density at radius 1 is 1.85 bits per heavy atom. The van der Waals surface area contributed by atoms with Crippen molar-refractivity contribution in [2.45, 2.75) is 13.0 Å². The minimum absolute atomic E-state index is 0.143. The predicted molar refractivity (Wildman–Crippen MR) is 48.0 cm³/mol. The van der Waals surface area contributed by atoms with E-state index in [1.54, 1.807) is 4.90 Å². The highest BCUT2D eigenvalue weighted by molar-refractivity contribution is 5.75. The zero-order chi connectivity index (χ0) is 9.68. The molecular formula is C8H14N4O. The van der Waals surface area contributed by atoms with Gasteiger partial charge in [0.15, 0.2) is 0 Å². The molecule has 13 heavy (non-hydrogen) atoms. The lowest BCUT2D eigenvalue weighted by atomic mass is 10.2. The van der Waals surface area contributed by atoms with Gasteiger partial charge in [-0.15, -0.1) is 0 Å². The van der Waals surface area contributed by atoms with E-state index in [0.29, 0.717) is 19.6 Å². The summed E-state index contributed by atoms with van der Waals surface area (Å²) in [4.78, 5) is 13.0. The number of rotatable bonds is 1. The third-order valence-electron chi connectivity index (χ3n) is 1.98. The molecule has 72 valence electrons. The van der Waals surface area contributed by atoms with E-state index < -0.39 is 0 Å². The number of hydrogen-bond donors (Lipinski definition) is 2. The second-order valence-corrected chi connectivity index (χ2v) is 2.88. The first-order valence-corrected chi connectivity index (χ1v) is 4.44. The topological polar surface area (TPSA) is 68.2 Å². The van der Waals surface area contributed by atoms with Crippen molar-refractivity contribution < 1.29 is 4.79 Å². The van der Waals surface area contributed by atoms with Gasteiger partial charge in [-0.1, -0.05) is 0 Å². The highest BCUT2D eigenvalue weighted by Gasteiger charge is 2.25. The van der Waals surface area contributed by atoms with E-state index >= 15 is 0 Å².